The summed E-state index contributed by atoms with van der Waals surface area (Å²) >= 11 is 3.29. The number of carboxylic acids is 1. The Morgan fingerprint density at radius 2 is 2.08 bits per heavy atom. The van der Waals surface area contributed by atoms with E-state index in [-0.39, 0.29) is 24.7 Å². The van der Waals surface area contributed by atoms with Crippen LogP contribution >= 0.6 is 15.9 Å². The number of ether oxygens (including phenoxy) is 2. The zero-order valence-electron chi connectivity index (χ0n) is 13.7. The van der Waals surface area contributed by atoms with Gasteiger partial charge in [0.25, 0.3) is 5.91 Å². The molecule has 0 atom stereocenters. The lowest BCUT2D eigenvalue weighted by atomic mass is 10.1. The maximum Gasteiger partial charge on any atom is 0.344 e. The van der Waals surface area contributed by atoms with E-state index in [1.54, 1.807) is 25.1 Å². The Hall–Kier alpha value is -2.88. The number of benzene rings is 1. The summed E-state index contributed by atoms with van der Waals surface area (Å²) in [7, 11) is 0. The molecule has 0 spiro atoms. The minimum absolute atomic E-state index is 0.102. The zero-order chi connectivity index (χ0) is 19.3. The van der Waals surface area contributed by atoms with Crippen molar-refractivity contribution in [2.45, 2.75) is 6.92 Å². The van der Waals surface area contributed by atoms with Crippen molar-refractivity contribution in [2.75, 3.05) is 19.8 Å². The molecule has 138 valence electrons. The topological polar surface area (TPSA) is 122 Å². The van der Waals surface area contributed by atoms with Gasteiger partial charge in [-0.05, 0) is 31.2 Å². The predicted octanol–water partition coefficient (Wildman–Crippen LogP) is 1.37. The van der Waals surface area contributed by atoms with Crippen LogP contribution in [0.15, 0.2) is 28.4 Å². The van der Waals surface area contributed by atoms with E-state index < -0.39 is 30.4 Å². The summed E-state index contributed by atoms with van der Waals surface area (Å²) in [6.07, 6.45) is 1.34. The van der Waals surface area contributed by atoms with E-state index >= 15 is 0 Å². The highest BCUT2D eigenvalue weighted by Crippen LogP contribution is 2.26. The molecule has 0 radical (unpaired) electrons. The van der Waals surface area contributed by atoms with Crippen molar-refractivity contribution >= 4 is 45.9 Å². The first-order valence-corrected chi connectivity index (χ1v) is 8.25. The largest absolute Gasteiger partial charge is 0.481 e. The third kappa shape index (κ3) is 4.82. The number of rotatable bonds is 7. The molecule has 1 saturated heterocycles. The van der Waals surface area contributed by atoms with Gasteiger partial charge in [-0.25, -0.2) is 14.5 Å². The molecule has 9 nitrogen and oxygen atoms in total. The molecule has 1 heterocycles. The van der Waals surface area contributed by atoms with E-state index in [1.165, 1.54) is 6.08 Å². The molecule has 1 fully saturated rings. The Labute approximate surface area is 156 Å². The first-order valence-electron chi connectivity index (χ1n) is 7.46. The van der Waals surface area contributed by atoms with Gasteiger partial charge in [0, 0.05) is 10.0 Å². The van der Waals surface area contributed by atoms with Crippen LogP contribution in [-0.4, -0.2) is 53.6 Å². The van der Waals surface area contributed by atoms with Crippen molar-refractivity contribution < 1.29 is 33.8 Å². The van der Waals surface area contributed by atoms with Crippen molar-refractivity contribution in [3.05, 3.63) is 33.9 Å². The molecule has 1 aliphatic heterocycles. The fourth-order valence-corrected chi connectivity index (χ4v) is 2.49. The number of carbonyl (C=O) groups excluding carboxylic acids is 3. The number of carbonyl (C=O) groups is 4. The van der Waals surface area contributed by atoms with Crippen molar-refractivity contribution in [1.82, 2.24) is 10.2 Å². The van der Waals surface area contributed by atoms with E-state index in [4.69, 9.17) is 14.6 Å². The highest BCUT2D eigenvalue weighted by molar-refractivity contribution is 9.10. The van der Waals surface area contributed by atoms with Crippen LogP contribution in [0.1, 0.15) is 12.5 Å². The molecule has 26 heavy (non-hydrogen) atoms. The number of amides is 3. The smallest absolute Gasteiger partial charge is 0.344 e. The molecule has 2 N–H and O–H groups in total. The number of imide groups is 1. The Kier molecular flexibility index (Phi) is 6.34. The number of aliphatic carboxylic acids is 1. The maximum absolute atomic E-state index is 12.2. The minimum Gasteiger partial charge on any atom is -0.481 e. The summed E-state index contributed by atoms with van der Waals surface area (Å²) < 4.78 is 10.9. The molecule has 1 aromatic carbocycles. The van der Waals surface area contributed by atoms with Gasteiger partial charge >= 0.3 is 18.0 Å². The fourth-order valence-electron chi connectivity index (χ4n) is 2.11. The quantitative estimate of drug-likeness (QED) is 0.383. The summed E-state index contributed by atoms with van der Waals surface area (Å²) in [5.74, 6) is -2.34. The molecule has 2 rings (SSSR count). The summed E-state index contributed by atoms with van der Waals surface area (Å²) in [6, 6.07) is 4.04. The van der Waals surface area contributed by atoms with E-state index in [0.717, 1.165) is 0 Å². The van der Waals surface area contributed by atoms with Crippen LogP contribution in [0.25, 0.3) is 6.08 Å². The molecule has 0 aliphatic carbocycles. The van der Waals surface area contributed by atoms with Gasteiger partial charge in [0.05, 0.1) is 6.61 Å². The van der Waals surface area contributed by atoms with Crippen molar-refractivity contribution in [3.63, 3.8) is 0 Å². The minimum atomic E-state index is -1.31. The zero-order valence-corrected chi connectivity index (χ0v) is 15.2. The predicted molar refractivity (Wildman–Crippen MR) is 92.1 cm³/mol. The number of nitrogens with zero attached hydrogens (tertiary/aromatic N) is 1. The summed E-state index contributed by atoms with van der Waals surface area (Å²) in [5, 5.41) is 11.1. The molecule has 0 saturated carbocycles. The van der Waals surface area contributed by atoms with Crippen molar-refractivity contribution in [1.29, 1.82) is 0 Å². The molecular formula is C16H15BrN2O7. The van der Waals surface area contributed by atoms with Gasteiger partial charge in [0.15, 0.2) is 6.61 Å². The van der Waals surface area contributed by atoms with Crippen LogP contribution in [0.2, 0.25) is 0 Å². The Morgan fingerprint density at radius 1 is 1.35 bits per heavy atom. The highest BCUT2D eigenvalue weighted by atomic mass is 79.9. The number of esters is 1. The Balaban J connectivity index is 2.25. The number of halogens is 1. The molecule has 0 unspecified atom stereocenters. The van der Waals surface area contributed by atoms with Crippen LogP contribution in [0.4, 0.5) is 4.79 Å². The molecule has 1 aliphatic rings. The standard InChI is InChI=1S/C16H15BrN2O7/c1-2-25-14(22)8-26-12-4-3-10(17)5-9(12)6-11-15(23)19(7-13(20)21)16(24)18-11/h3-6H,2,7-8H2,1H3,(H,18,24)(H,20,21)/b11-6+. The van der Waals surface area contributed by atoms with E-state index in [1.807, 2.05) is 0 Å². The molecule has 10 heteroatoms. The number of urea groups is 1. The lowest BCUT2D eigenvalue weighted by Gasteiger charge is -2.10. The van der Waals surface area contributed by atoms with Gasteiger partial charge in [0.1, 0.15) is 18.0 Å². The van der Waals surface area contributed by atoms with Crippen molar-refractivity contribution in [2.24, 2.45) is 0 Å². The first kappa shape index (κ1) is 19.4. The van der Waals surface area contributed by atoms with E-state index in [2.05, 4.69) is 21.2 Å². The number of hydrogen-bond donors (Lipinski definition) is 2. The van der Waals surface area contributed by atoms with Crippen LogP contribution in [-0.2, 0) is 19.1 Å². The van der Waals surface area contributed by atoms with Gasteiger partial charge in [-0.15, -0.1) is 0 Å². The van der Waals surface area contributed by atoms with E-state index in [9.17, 15) is 19.2 Å². The van der Waals surface area contributed by atoms with Crippen molar-refractivity contribution in [3.8, 4) is 5.75 Å². The van der Waals surface area contributed by atoms with Crippen LogP contribution < -0.4 is 10.1 Å². The molecular weight excluding hydrogens is 412 g/mol. The third-order valence-corrected chi connectivity index (χ3v) is 3.67. The monoisotopic (exact) mass is 426 g/mol. The number of nitrogens with one attached hydrogen (secondary N) is 1. The normalized spacial score (nSPS) is 15.2. The number of hydrogen-bond acceptors (Lipinski definition) is 6. The lowest BCUT2D eigenvalue weighted by Crippen LogP contribution is -2.35. The fraction of sp³-hybridized carbons (Fsp3) is 0.250. The van der Waals surface area contributed by atoms with Gasteiger partial charge in [0.2, 0.25) is 0 Å². The molecule has 0 aromatic heterocycles. The van der Waals surface area contributed by atoms with Gasteiger partial charge in [-0.2, -0.15) is 0 Å². The second-order valence-electron chi connectivity index (χ2n) is 5.05. The third-order valence-electron chi connectivity index (χ3n) is 3.18. The average molecular weight is 427 g/mol. The lowest BCUT2D eigenvalue weighted by molar-refractivity contribution is -0.145. The maximum atomic E-state index is 12.2. The number of carboxylic acid groups (broad SMARTS) is 1. The summed E-state index contributed by atoms with van der Waals surface area (Å²) in [5.41, 5.74) is 0.305. The van der Waals surface area contributed by atoms with Crippen LogP contribution in [0, 0.1) is 0 Å². The summed E-state index contributed by atoms with van der Waals surface area (Å²) in [6.45, 7) is 0.827. The Bertz CT molecular complexity index is 791. The Morgan fingerprint density at radius 3 is 2.73 bits per heavy atom. The molecule has 0 bridgehead atoms. The SMILES string of the molecule is CCOC(=O)COc1ccc(Br)cc1/C=C1/NC(=O)N(CC(=O)O)C1=O. The average Bonchev–Trinajstić information content (AvgIpc) is 2.81. The van der Waals surface area contributed by atoms with E-state index in [0.29, 0.717) is 14.9 Å². The molecule has 3 amide bonds. The molecule has 1 aromatic rings. The first-order chi connectivity index (χ1) is 12.3. The van der Waals surface area contributed by atoms with Crippen LogP contribution in [0.5, 0.6) is 5.75 Å². The van der Waals surface area contributed by atoms with Gasteiger partial charge in [-0.3, -0.25) is 9.59 Å². The van der Waals surface area contributed by atoms with Gasteiger partial charge < -0.3 is 19.9 Å². The van der Waals surface area contributed by atoms with Crippen LogP contribution in [0.3, 0.4) is 0 Å². The second-order valence-corrected chi connectivity index (χ2v) is 5.96. The second kappa shape index (κ2) is 8.48. The summed E-state index contributed by atoms with van der Waals surface area (Å²) in [4.78, 5) is 46.7. The van der Waals surface area contributed by atoms with Gasteiger partial charge in [-0.1, -0.05) is 15.9 Å². The highest BCUT2D eigenvalue weighted by Gasteiger charge is 2.35.